The van der Waals surface area contributed by atoms with Gasteiger partial charge in [-0.25, -0.2) is 4.79 Å². The number of amides is 4. The summed E-state index contributed by atoms with van der Waals surface area (Å²) in [5.74, 6) is -0.859. The number of anilines is 1. The number of carbonyl (C=O) groups is 3. The molecule has 1 atom stereocenters. The van der Waals surface area contributed by atoms with Crippen LogP contribution >= 0.6 is 11.6 Å². The minimum Gasteiger partial charge on any atom is -0.352 e. The lowest BCUT2D eigenvalue weighted by Crippen LogP contribution is -2.44. The largest absolute Gasteiger partial charge is 0.352 e. The monoisotopic (exact) mass is 544 g/mol. The van der Waals surface area contributed by atoms with E-state index in [0.29, 0.717) is 22.0 Å². The Kier molecular flexibility index (Phi) is 8.99. The molecule has 5 N–H and O–H groups in total. The fraction of sp³-hybridized carbons (Fsp3) is 0.111. The van der Waals surface area contributed by atoms with Crippen LogP contribution in [0.15, 0.2) is 85.2 Å². The van der Waals surface area contributed by atoms with Crippen LogP contribution in [0.4, 0.5) is 10.5 Å². The number of hydrogen-bond acceptors (Lipinski definition) is 6. The average Bonchev–Trinajstić information content (AvgIpc) is 3.46. The van der Waals surface area contributed by atoms with E-state index < -0.39 is 18.0 Å². The maximum atomic E-state index is 13.2. The third-order valence-electron chi connectivity index (χ3n) is 5.60. The van der Waals surface area contributed by atoms with E-state index in [4.69, 9.17) is 17.3 Å². The average molecular weight is 545 g/mol. The van der Waals surface area contributed by atoms with Crippen LogP contribution in [0.25, 0.3) is 11.8 Å². The predicted molar refractivity (Wildman–Crippen MR) is 147 cm³/mol. The molecular formula is C27H25ClN8O3. The number of halogens is 1. The van der Waals surface area contributed by atoms with Crippen molar-refractivity contribution in [2.24, 2.45) is 5.73 Å². The van der Waals surface area contributed by atoms with Crippen LogP contribution < -0.4 is 21.7 Å². The van der Waals surface area contributed by atoms with Gasteiger partial charge in [0.1, 0.15) is 12.4 Å². The third kappa shape index (κ3) is 7.98. The van der Waals surface area contributed by atoms with Crippen molar-refractivity contribution in [1.29, 1.82) is 0 Å². The van der Waals surface area contributed by atoms with Gasteiger partial charge in [0.2, 0.25) is 11.8 Å². The maximum absolute atomic E-state index is 13.2. The quantitative estimate of drug-likeness (QED) is 0.225. The molecule has 0 saturated heterocycles. The first-order valence-corrected chi connectivity index (χ1v) is 12.2. The molecule has 0 spiro atoms. The molecule has 3 aromatic carbocycles. The summed E-state index contributed by atoms with van der Waals surface area (Å²) in [6, 6.07) is 19.9. The molecule has 12 heteroatoms. The second-order valence-electron chi connectivity index (χ2n) is 8.45. The standard InChI is InChI=1S/C27H25ClN8O3/c28-21-9-12-24(36-17-31-34-35-36)20(15-21)8-13-25(37)33-23(14-18-4-2-1-3-5-18)26(38)32-22-10-6-19(7-11-22)16-30-27(29)39/h1-13,15,17,23H,14,16H2,(H,32,38)(H,33,37)(H3,29,30,39)/t23-/m0/s1. The molecule has 4 amide bonds. The minimum absolute atomic E-state index is 0.268. The number of carbonyl (C=O) groups excluding carboxylic acids is 3. The zero-order chi connectivity index (χ0) is 27.6. The Morgan fingerprint density at radius 1 is 1.00 bits per heavy atom. The van der Waals surface area contributed by atoms with Crippen LogP contribution in [-0.4, -0.2) is 44.1 Å². The summed E-state index contributed by atoms with van der Waals surface area (Å²) in [5, 5.41) is 19.8. The number of nitrogens with zero attached hydrogens (tertiary/aromatic N) is 4. The van der Waals surface area contributed by atoms with Crippen molar-refractivity contribution in [3.63, 3.8) is 0 Å². The first kappa shape index (κ1) is 27.0. The van der Waals surface area contributed by atoms with E-state index in [-0.39, 0.29) is 18.9 Å². The Bertz CT molecular complexity index is 1460. The summed E-state index contributed by atoms with van der Waals surface area (Å²) in [5.41, 5.74) is 8.57. The molecule has 0 aliphatic rings. The normalized spacial score (nSPS) is 11.6. The third-order valence-corrected chi connectivity index (χ3v) is 5.84. The highest BCUT2D eigenvalue weighted by molar-refractivity contribution is 6.30. The smallest absolute Gasteiger partial charge is 0.312 e. The van der Waals surface area contributed by atoms with Gasteiger partial charge in [0.15, 0.2) is 0 Å². The van der Waals surface area contributed by atoms with Crippen LogP contribution in [0.2, 0.25) is 5.02 Å². The number of nitrogens with one attached hydrogen (secondary N) is 3. The molecule has 0 aliphatic heterocycles. The number of aromatic nitrogens is 4. The van der Waals surface area contributed by atoms with Gasteiger partial charge < -0.3 is 21.7 Å². The highest BCUT2D eigenvalue weighted by Crippen LogP contribution is 2.20. The molecule has 4 aromatic rings. The van der Waals surface area contributed by atoms with Crippen molar-refractivity contribution in [2.75, 3.05) is 5.32 Å². The Balaban J connectivity index is 1.48. The van der Waals surface area contributed by atoms with Crippen molar-refractivity contribution in [2.45, 2.75) is 19.0 Å². The number of hydrogen-bond donors (Lipinski definition) is 4. The number of nitrogens with two attached hydrogens (primary N) is 1. The minimum atomic E-state index is -0.862. The lowest BCUT2D eigenvalue weighted by Gasteiger charge is -2.18. The number of urea groups is 1. The van der Waals surface area contributed by atoms with Crippen molar-refractivity contribution in [3.05, 3.63) is 107 Å². The topological polar surface area (TPSA) is 157 Å². The Hall–Kier alpha value is -5.03. The van der Waals surface area contributed by atoms with Gasteiger partial charge in [-0.05, 0) is 58.0 Å². The molecular weight excluding hydrogens is 520 g/mol. The van der Waals surface area contributed by atoms with E-state index in [1.165, 1.54) is 17.1 Å². The van der Waals surface area contributed by atoms with Crippen molar-refractivity contribution < 1.29 is 14.4 Å². The van der Waals surface area contributed by atoms with Gasteiger partial charge >= 0.3 is 6.03 Å². The lowest BCUT2D eigenvalue weighted by molar-refractivity contribution is -0.123. The molecule has 198 valence electrons. The van der Waals surface area contributed by atoms with Gasteiger partial charge in [-0.15, -0.1) is 5.10 Å². The molecule has 0 fully saturated rings. The van der Waals surface area contributed by atoms with E-state index in [2.05, 4.69) is 31.5 Å². The van der Waals surface area contributed by atoms with Gasteiger partial charge in [-0.3, -0.25) is 9.59 Å². The van der Waals surface area contributed by atoms with E-state index in [1.54, 1.807) is 48.5 Å². The predicted octanol–water partition coefficient (Wildman–Crippen LogP) is 2.86. The summed E-state index contributed by atoms with van der Waals surface area (Å²) in [4.78, 5) is 37.1. The van der Waals surface area contributed by atoms with E-state index in [0.717, 1.165) is 11.1 Å². The summed E-state index contributed by atoms with van der Waals surface area (Å²) in [6.45, 7) is 0.268. The molecule has 11 nitrogen and oxygen atoms in total. The molecule has 1 aromatic heterocycles. The Morgan fingerprint density at radius 2 is 1.77 bits per heavy atom. The number of tetrazole rings is 1. The van der Waals surface area contributed by atoms with Crippen LogP contribution in [-0.2, 0) is 22.6 Å². The molecule has 39 heavy (non-hydrogen) atoms. The fourth-order valence-electron chi connectivity index (χ4n) is 3.71. The highest BCUT2D eigenvalue weighted by atomic mass is 35.5. The fourth-order valence-corrected chi connectivity index (χ4v) is 3.89. The number of primary amides is 1. The number of benzene rings is 3. The molecule has 1 heterocycles. The van der Waals surface area contributed by atoms with E-state index in [1.807, 2.05) is 30.3 Å². The Morgan fingerprint density at radius 3 is 2.46 bits per heavy atom. The molecule has 0 radical (unpaired) electrons. The zero-order valence-corrected chi connectivity index (χ0v) is 21.4. The zero-order valence-electron chi connectivity index (χ0n) is 20.6. The SMILES string of the molecule is NC(=O)NCc1ccc(NC(=O)[C@H](Cc2ccccc2)NC(=O)C=Cc2cc(Cl)ccc2-n2cnnn2)cc1. The molecule has 0 unspecified atom stereocenters. The molecule has 0 bridgehead atoms. The molecule has 0 aliphatic carbocycles. The highest BCUT2D eigenvalue weighted by Gasteiger charge is 2.21. The van der Waals surface area contributed by atoms with E-state index >= 15 is 0 Å². The van der Waals surface area contributed by atoms with Crippen LogP contribution in [0.1, 0.15) is 16.7 Å². The van der Waals surface area contributed by atoms with Crippen LogP contribution in [0.5, 0.6) is 0 Å². The van der Waals surface area contributed by atoms with Crippen molar-refractivity contribution in [1.82, 2.24) is 30.8 Å². The second kappa shape index (κ2) is 13.0. The van der Waals surface area contributed by atoms with Crippen LogP contribution in [0, 0.1) is 0 Å². The summed E-state index contributed by atoms with van der Waals surface area (Å²) < 4.78 is 1.45. The van der Waals surface area contributed by atoms with Gasteiger partial charge in [0.25, 0.3) is 0 Å². The van der Waals surface area contributed by atoms with Gasteiger partial charge in [0, 0.05) is 35.3 Å². The lowest BCUT2D eigenvalue weighted by atomic mass is 10.0. The van der Waals surface area contributed by atoms with Crippen molar-refractivity contribution in [3.8, 4) is 5.69 Å². The van der Waals surface area contributed by atoms with Crippen LogP contribution in [0.3, 0.4) is 0 Å². The van der Waals surface area contributed by atoms with Gasteiger partial charge in [-0.1, -0.05) is 54.1 Å². The maximum Gasteiger partial charge on any atom is 0.312 e. The summed E-state index contributed by atoms with van der Waals surface area (Å²) in [7, 11) is 0. The van der Waals surface area contributed by atoms with Gasteiger partial charge in [0.05, 0.1) is 5.69 Å². The summed E-state index contributed by atoms with van der Waals surface area (Å²) >= 11 is 6.16. The summed E-state index contributed by atoms with van der Waals surface area (Å²) in [6.07, 6.45) is 4.61. The van der Waals surface area contributed by atoms with Gasteiger partial charge in [-0.2, -0.15) is 4.68 Å². The number of rotatable bonds is 10. The second-order valence-corrected chi connectivity index (χ2v) is 8.88. The molecule has 0 saturated carbocycles. The van der Waals surface area contributed by atoms with Crippen molar-refractivity contribution >= 4 is 41.2 Å². The van der Waals surface area contributed by atoms with E-state index in [9.17, 15) is 14.4 Å². The Labute approximate surface area is 229 Å². The first-order valence-electron chi connectivity index (χ1n) is 11.9. The first-order chi connectivity index (χ1) is 18.9. The molecule has 4 rings (SSSR count).